The lowest BCUT2D eigenvalue weighted by Gasteiger charge is -2.26. The molecule has 43 heavy (non-hydrogen) atoms. The average Bonchev–Trinajstić information content (AvgIpc) is 3.06. The van der Waals surface area contributed by atoms with Gasteiger partial charge in [-0.15, -0.1) is 0 Å². The summed E-state index contributed by atoms with van der Waals surface area (Å²) in [6.07, 6.45) is 6.40. The summed E-state index contributed by atoms with van der Waals surface area (Å²) in [5, 5.41) is 9.54. The van der Waals surface area contributed by atoms with Crippen LogP contribution in [0, 0.1) is 6.92 Å². The lowest BCUT2D eigenvalue weighted by molar-refractivity contribution is 0.475. The Morgan fingerprint density at radius 2 is 0.860 bits per heavy atom. The topological polar surface area (TPSA) is 23.5 Å². The molecule has 2 nitrogen and oxygen atoms in total. The quantitative estimate of drug-likeness (QED) is 0.189. The number of nitrogens with zero attached hydrogens (tertiary/aromatic N) is 1. The third kappa shape index (κ3) is 6.83. The van der Waals surface area contributed by atoms with Crippen molar-refractivity contribution in [2.45, 2.75) is 6.92 Å². The minimum atomic E-state index is 0.273. The van der Waals surface area contributed by atoms with E-state index >= 15 is 0 Å². The molecule has 6 aromatic carbocycles. The van der Waals surface area contributed by atoms with E-state index in [2.05, 4.69) is 164 Å². The zero-order valence-corrected chi connectivity index (χ0v) is 24.1. The molecule has 0 aliphatic heterocycles. The molecule has 0 unspecified atom stereocenters. The summed E-state index contributed by atoms with van der Waals surface area (Å²) in [6.45, 7) is 2.11. The first-order valence-electron chi connectivity index (χ1n) is 14.5. The van der Waals surface area contributed by atoms with Gasteiger partial charge in [-0.1, -0.05) is 127 Å². The van der Waals surface area contributed by atoms with E-state index < -0.39 is 0 Å². The number of hydrogen-bond acceptors (Lipinski definition) is 2. The summed E-state index contributed by atoms with van der Waals surface area (Å²) in [5.41, 5.74) is 11.4. The maximum Gasteiger partial charge on any atom is 0.115 e. The molecule has 2 heteroatoms. The van der Waals surface area contributed by atoms with Crippen molar-refractivity contribution in [2.75, 3.05) is 4.90 Å². The Balaban J connectivity index is 1.32. The molecular formula is C41H33NO. The number of rotatable bonds is 8. The second-order valence-corrected chi connectivity index (χ2v) is 10.6. The first-order valence-corrected chi connectivity index (χ1v) is 14.5. The second-order valence-electron chi connectivity index (χ2n) is 10.6. The molecule has 208 valence electrons. The number of benzene rings is 6. The van der Waals surface area contributed by atoms with Crippen LogP contribution in [0.4, 0.5) is 17.1 Å². The predicted octanol–water partition coefficient (Wildman–Crippen LogP) is 10.9. The van der Waals surface area contributed by atoms with E-state index in [-0.39, 0.29) is 5.75 Å². The largest absolute Gasteiger partial charge is 0.508 e. The summed E-state index contributed by atoms with van der Waals surface area (Å²) in [4.78, 5) is 2.29. The van der Waals surface area contributed by atoms with Crippen LogP contribution in [-0.4, -0.2) is 5.11 Å². The summed E-state index contributed by atoms with van der Waals surface area (Å²) in [5.74, 6) is 0.273. The Morgan fingerprint density at radius 1 is 0.465 bits per heavy atom. The van der Waals surface area contributed by atoms with Crippen molar-refractivity contribution in [1.29, 1.82) is 0 Å². The fraction of sp³-hybridized carbons (Fsp3) is 0.0244. The highest BCUT2D eigenvalue weighted by atomic mass is 16.3. The number of phenolic OH excluding ortho intramolecular Hbond substituents is 1. The van der Waals surface area contributed by atoms with Gasteiger partial charge in [-0.2, -0.15) is 0 Å². The molecule has 6 rings (SSSR count). The highest BCUT2D eigenvalue weighted by molar-refractivity contribution is 5.91. The van der Waals surface area contributed by atoms with Crippen molar-refractivity contribution in [1.82, 2.24) is 0 Å². The van der Waals surface area contributed by atoms with Crippen LogP contribution >= 0.6 is 0 Å². The fourth-order valence-electron chi connectivity index (χ4n) is 5.11. The standard InChI is InChI=1S/C41H33NO/c1-31-12-22-37(23-13-31)42(38-24-16-32(17-25-38)14-15-33-20-28-40(43)29-21-33)39-26-18-34(19-27-39)30-41(35-8-4-2-5-9-35)36-10-6-3-7-11-36/h2-30,43H,1H3/b15-14-. The van der Waals surface area contributed by atoms with Gasteiger partial charge in [0.05, 0.1) is 0 Å². The summed E-state index contributed by atoms with van der Waals surface area (Å²) in [7, 11) is 0. The van der Waals surface area contributed by atoms with Crippen LogP contribution < -0.4 is 4.90 Å². The van der Waals surface area contributed by atoms with E-state index in [4.69, 9.17) is 0 Å². The van der Waals surface area contributed by atoms with Crippen molar-refractivity contribution in [3.63, 3.8) is 0 Å². The van der Waals surface area contributed by atoms with Crippen LogP contribution in [0.1, 0.15) is 33.4 Å². The number of hydrogen-bond donors (Lipinski definition) is 1. The van der Waals surface area contributed by atoms with Crippen LogP contribution in [0.2, 0.25) is 0 Å². The van der Waals surface area contributed by atoms with E-state index in [0.29, 0.717) is 0 Å². The molecule has 0 atom stereocenters. The van der Waals surface area contributed by atoms with Crippen molar-refractivity contribution in [3.8, 4) is 5.75 Å². The number of phenols is 1. The first-order chi connectivity index (χ1) is 21.1. The molecule has 6 aromatic rings. The normalized spacial score (nSPS) is 10.9. The average molecular weight is 556 g/mol. The van der Waals surface area contributed by atoms with Gasteiger partial charge in [0.1, 0.15) is 5.75 Å². The minimum Gasteiger partial charge on any atom is -0.508 e. The number of aromatic hydroxyl groups is 1. The molecule has 0 saturated carbocycles. The molecule has 0 heterocycles. The summed E-state index contributed by atoms with van der Waals surface area (Å²) < 4.78 is 0. The van der Waals surface area contributed by atoms with Gasteiger partial charge in [0.2, 0.25) is 0 Å². The highest BCUT2D eigenvalue weighted by Crippen LogP contribution is 2.35. The zero-order valence-electron chi connectivity index (χ0n) is 24.1. The molecule has 0 aliphatic carbocycles. The third-order valence-corrected chi connectivity index (χ3v) is 7.44. The molecule has 0 fully saturated rings. The minimum absolute atomic E-state index is 0.273. The van der Waals surface area contributed by atoms with Crippen molar-refractivity contribution in [3.05, 3.63) is 191 Å². The number of aryl methyl sites for hydroxylation is 1. The maximum absolute atomic E-state index is 9.54. The van der Waals surface area contributed by atoms with Gasteiger partial charge in [0.25, 0.3) is 0 Å². The lowest BCUT2D eigenvalue weighted by Crippen LogP contribution is -2.09. The van der Waals surface area contributed by atoms with Gasteiger partial charge >= 0.3 is 0 Å². The summed E-state index contributed by atoms with van der Waals surface area (Å²) >= 11 is 0. The highest BCUT2D eigenvalue weighted by Gasteiger charge is 2.13. The van der Waals surface area contributed by atoms with Gasteiger partial charge in [-0.05, 0) is 94.9 Å². The smallest absolute Gasteiger partial charge is 0.115 e. The Morgan fingerprint density at radius 3 is 1.33 bits per heavy atom. The van der Waals surface area contributed by atoms with Gasteiger partial charge < -0.3 is 10.0 Å². The Labute approximate surface area is 254 Å². The van der Waals surface area contributed by atoms with Gasteiger partial charge in [-0.3, -0.25) is 0 Å². The molecule has 0 aliphatic rings. The molecule has 0 amide bonds. The van der Waals surface area contributed by atoms with Crippen LogP contribution in [0.3, 0.4) is 0 Å². The van der Waals surface area contributed by atoms with E-state index in [9.17, 15) is 5.11 Å². The van der Waals surface area contributed by atoms with Gasteiger partial charge in [0.15, 0.2) is 0 Å². The van der Waals surface area contributed by atoms with E-state index in [1.165, 1.54) is 22.3 Å². The number of anilines is 3. The van der Waals surface area contributed by atoms with Crippen molar-refractivity contribution < 1.29 is 5.11 Å². The van der Waals surface area contributed by atoms with Gasteiger partial charge in [0, 0.05) is 17.1 Å². The van der Waals surface area contributed by atoms with E-state index in [0.717, 1.165) is 33.8 Å². The monoisotopic (exact) mass is 555 g/mol. The van der Waals surface area contributed by atoms with Crippen molar-refractivity contribution in [2.24, 2.45) is 0 Å². The molecule has 0 radical (unpaired) electrons. The van der Waals surface area contributed by atoms with Crippen LogP contribution in [0.25, 0.3) is 23.8 Å². The lowest BCUT2D eigenvalue weighted by atomic mass is 9.95. The zero-order chi connectivity index (χ0) is 29.4. The molecule has 0 spiro atoms. The SMILES string of the molecule is Cc1ccc(N(c2ccc(C=C(c3ccccc3)c3ccccc3)cc2)c2ccc(/C=C\c3ccc(O)cc3)cc2)cc1. The fourth-order valence-corrected chi connectivity index (χ4v) is 5.11. The van der Waals surface area contributed by atoms with Crippen LogP contribution in [0.15, 0.2) is 158 Å². The Kier molecular flexibility index (Phi) is 8.29. The predicted molar refractivity (Wildman–Crippen MR) is 183 cm³/mol. The first kappa shape index (κ1) is 27.6. The van der Waals surface area contributed by atoms with E-state index in [1.807, 2.05) is 12.1 Å². The van der Waals surface area contributed by atoms with E-state index in [1.54, 1.807) is 12.1 Å². The second kappa shape index (κ2) is 12.9. The van der Waals surface area contributed by atoms with Crippen molar-refractivity contribution >= 4 is 40.9 Å². The van der Waals surface area contributed by atoms with Crippen LogP contribution in [-0.2, 0) is 0 Å². The summed E-state index contributed by atoms with van der Waals surface area (Å²) in [6, 6.07) is 54.3. The third-order valence-electron chi connectivity index (χ3n) is 7.44. The molecular weight excluding hydrogens is 522 g/mol. The van der Waals surface area contributed by atoms with Gasteiger partial charge in [-0.25, -0.2) is 0 Å². The Hall–Kier alpha value is -5.60. The molecule has 0 aromatic heterocycles. The maximum atomic E-state index is 9.54. The molecule has 0 saturated heterocycles. The van der Waals surface area contributed by atoms with Crippen LogP contribution in [0.5, 0.6) is 5.75 Å². The molecule has 0 bridgehead atoms. The Bertz CT molecular complexity index is 1780. The molecule has 1 N–H and O–H groups in total.